The molecule has 2 aromatic heterocycles. The molecular weight excluding hydrogens is 603 g/mol. The van der Waals surface area contributed by atoms with Gasteiger partial charge in [-0.3, -0.25) is 9.88 Å². The summed E-state index contributed by atoms with van der Waals surface area (Å²) in [4.78, 5) is 7.12. The number of fused-ring (bicyclic) bond motifs is 1. The number of anilines is 2. The summed E-state index contributed by atoms with van der Waals surface area (Å²) in [6.07, 6.45) is 11.4. The number of nitrogens with zero attached hydrogens (tertiary/aromatic N) is 6. The number of hydrogen-bond acceptors (Lipinski definition) is 7. The van der Waals surface area contributed by atoms with Crippen LogP contribution in [0.15, 0.2) is 48.8 Å². The molecular formula is C35H42Cl2N8. The molecule has 0 spiro atoms. The summed E-state index contributed by atoms with van der Waals surface area (Å²) in [5.74, 6) is 0. The maximum atomic E-state index is 10.0. The van der Waals surface area contributed by atoms with Crippen molar-refractivity contribution in [2.75, 3.05) is 23.7 Å². The Kier molecular flexibility index (Phi) is 8.98. The first kappa shape index (κ1) is 31.6. The van der Waals surface area contributed by atoms with E-state index in [0.29, 0.717) is 27.2 Å². The van der Waals surface area contributed by atoms with Gasteiger partial charge in [-0.05, 0) is 83.2 Å². The summed E-state index contributed by atoms with van der Waals surface area (Å²) in [6, 6.07) is 14.1. The highest BCUT2D eigenvalue weighted by Crippen LogP contribution is 2.39. The van der Waals surface area contributed by atoms with Gasteiger partial charge in [0.1, 0.15) is 11.8 Å². The van der Waals surface area contributed by atoms with Gasteiger partial charge in [-0.15, -0.1) is 5.10 Å². The molecule has 0 bridgehead atoms. The molecule has 1 atom stereocenters. The van der Waals surface area contributed by atoms with Crippen molar-refractivity contribution in [3.05, 3.63) is 75.7 Å². The first-order valence-corrected chi connectivity index (χ1v) is 16.8. The van der Waals surface area contributed by atoms with E-state index in [9.17, 15) is 5.26 Å². The van der Waals surface area contributed by atoms with Crippen molar-refractivity contribution < 1.29 is 0 Å². The number of halogens is 2. The van der Waals surface area contributed by atoms with Crippen LogP contribution in [0, 0.1) is 11.3 Å². The van der Waals surface area contributed by atoms with Gasteiger partial charge in [0.15, 0.2) is 0 Å². The van der Waals surface area contributed by atoms with Crippen LogP contribution < -0.4 is 10.6 Å². The third kappa shape index (κ3) is 6.91. The number of pyridine rings is 1. The normalized spacial score (nSPS) is 18.4. The largest absolute Gasteiger partial charge is 0.378 e. The second-order valence-electron chi connectivity index (χ2n) is 13.9. The van der Waals surface area contributed by atoms with Crippen LogP contribution >= 0.6 is 23.2 Å². The van der Waals surface area contributed by atoms with E-state index in [0.717, 1.165) is 66.8 Å². The van der Waals surface area contributed by atoms with Crippen molar-refractivity contribution in [1.29, 1.82) is 5.26 Å². The lowest BCUT2D eigenvalue weighted by atomic mass is 9.83. The summed E-state index contributed by atoms with van der Waals surface area (Å²) < 4.78 is 2.03. The van der Waals surface area contributed by atoms with Gasteiger partial charge in [0, 0.05) is 46.5 Å². The zero-order chi connectivity index (χ0) is 31.8. The van der Waals surface area contributed by atoms with E-state index >= 15 is 0 Å². The van der Waals surface area contributed by atoms with E-state index in [-0.39, 0.29) is 17.1 Å². The van der Waals surface area contributed by atoms with Crippen LogP contribution in [0.3, 0.4) is 0 Å². The van der Waals surface area contributed by atoms with Crippen molar-refractivity contribution in [2.24, 2.45) is 0 Å². The Morgan fingerprint density at radius 2 is 1.76 bits per heavy atom. The molecule has 6 rings (SSSR count). The zero-order valence-electron chi connectivity index (χ0n) is 26.6. The highest BCUT2D eigenvalue weighted by molar-refractivity contribution is 6.36. The number of piperidine rings is 1. The molecule has 1 saturated heterocycles. The van der Waals surface area contributed by atoms with Crippen LogP contribution in [0.25, 0.3) is 10.9 Å². The Balaban J connectivity index is 1.34. The monoisotopic (exact) mass is 644 g/mol. The van der Waals surface area contributed by atoms with Gasteiger partial charge in [-0.1, -0.05) is 59.8 Å². The number of rotatable bonds is 7. The van der Waals surface area contributed by atoms with Crippen molar-refractivity contribution >= 4 is 45.5 Å². The Morgan fingerprint density at radius 1 is 1.04 bits per heavy atom. The Morgan fingerprint density at radius 3 is 2.42 bits per heavy atom. The second-order valence-corrected chi connectivity index (χ2v) is 14.7. The SMILES string of the molecule is CC1(Nc2c(C#N)cnc3c(Cl)cc(NC(c4ccc(Cl)cc4)c4cn(C5CCN(C(C)(C)C)CC5)nn4)cc23)CCCCC1. The first-order chi connectivity index (χ1) is 21.5. The number of nitrogens with one attached hydrogen (secondary N) is 2. The molecule has 4 aromatic rings. The topological polar surface area (TPSA) is 94.7 Å². The van der Waals surface area contributed by atoms with E-state index in [1.165, 1.54) is 19.3 Å². The molecule has 1 unspecified atom stereocenters. The van der Waals surface area contributed by atoms with Gasteiger partial charge in [-0.25, -0.2) is 4.68 Å². The molecule has 1 aliphatic carbocycles. The summed E-state index contributed by atoms with van der Waals surface area (Å²) in [6.45, 7) is 11.1. The molecule has 3 heterocycles. The highest BCUT2D eigenvalue weighted by atomic mass is 35.5. The van der Waals surface area contributed by atoms with Gasteiger partial charge < -0.3 is 10.6 Å². The second kappa shape index (κ2) is 12.8. The molecule has 2 aromatic carbocycles. The average molecular weight is 646 g/mol. The molecule has 2 aliphatic rings. The molecule has 0 radical (unpaired) electrons. The average Bonchev–Trinajstić information content (AvgIpc) is 3.51. The Labute approximate surface area is 276 Å². The molecule has 2 N–H and O–H groups in total. The lowest BCUT2D eigenvalue weighted by molar-refractivity contribution is 0.0866. The lowest BCUT2D eigenvalue weighted by Crippen LogP contribution is -2.46. The van der Waals surface area contributed by atoms with Gasteiger partial charge >= 0.3 is 0 Å². The van der Waals surface area contributed by atoms with Crippen LogP contribution in [0.5, 0.6) is 0 Å². The highest BCUT2D eigenvalue weighted by Gasteiger charge is 2.30. The number of likely N-dealkylation sites (tertiary alicyclic amines) is 1. The van der Waals surface area contributed by atoms with Crippen LogP contribution in [-0.2, 0) is 0 Å². The molecule has 10 heteroatoms. The van der Waals surface area contributed by atoms with Crippen LogP contribution in [-0.4, -0.2) is 49.0 Å². The van der Waals surface area contributed by atoms with Crippen LogP contribution in [0.2, 0.25) is 10.0 Å². The minimum Gasteiger partial charge on any atom is -0.378 e. The lowest BCUT2D eigenvalue weighted by Gasteiger charge is -2.40. The van der Waals surface area contributed by atoms with E-state index in [2.05, 4.69) is 70.8 Å². The standard InChI is InChI=1S/C35H42Cl2N8/c1-34(2,3)44-16-12-27(13-17-44)45-22-30(42-43-45)32(23-8-10-25(36)11-9-23)40-26-18-28-31(41-35(4)14-6-5-7-15-35)24(20-38)21-39-33(28)29(37)19-26/h8-11,18-19,21-22,27,32,40H,5-7,12-17H2,1-4H3,(H,39,41). The van der Waals surface area contributed by atoms with E-state index in [4.69, 9.17) is 23.2 Å². The number of benzene rings is 2. The number of nitriles is 1. The van der Waals surface area contributed by atoms with Crippen molar-refractivity contribution in [3.63, 3.8) is 0 Å². The van der Waals surface area contributed by atoms with Gasteiger partial charge in [0.2, 0.25) is 0 Å². The molecule has 0 amide bonds. The summed E-state index contributed by atoms with van der Waals surface area (Å²) >= 11 is 13.2. The van der Waals surface area contributed by atoms with Crippen molar-refractivity contribution in [2.45, 2.75) is 95.8 Å². The number of hydrogen-bond donors (Lipinski definition) is 2. The molecule has 1 saturated carbocycles. The zero-order valence-corrected chi connectivity index (χ0v) is 28.1. The maximum Gasteiger partial charge on any atom is 0.109 e. The number of aromatic nitrogens is 4. The Hall–Kier alpha value is -3.38. The fraction of sp³-hybridized carbons (Fsp3) is 0.486. The summed E-state index contributed by atoms with van der Waals surface area (Å²) in [5.41, 5.74) is 4.64. The molecule has 2 fully saturated rings. The molecule has 45 heavy (non-hydrogen) atoms. The molecule has 8 nitrogen and oxygen atoms in total. The quantitative estimate of drug-likeness (QED) is 0.208. The summed E-state index contributed by atoms with van der Waals surface area (Å²) in [5, 5.41) is 28.8. The Bertz CT molecular complexity index is 1690. The smallest absolute Gasteiger partial charge is 0.109 e. The van der Waals surface area contributed by atoms with Crippen molar-refractivity contribution in [3.8, 4) is 6.07 Å². The van der Waals surface area contributed by atoms with Gasteiger partial charge in [0.05, 0.1) is 40.1 Å². The van der Waals surface area contributed by atoms with Crippen LogP contribution in [0.1, 0.15) is 102 Å². The maximum absolute atomic E-state index is 10.0. The first-order valence-electron chi connectivity index (χ1n) is 16.0. The minimum atomic E-state index is -0.307. The molecule has 236 valence electrons. The van der Waals surface area contributed by atoms with E-state index in [1.54, 1.807) is 6.20 Å². The van der Waals surface area contributed by atoms with E-state index < -0.39 is 0 Å². The third-order valence-corrected chi connectivity index (χ3v) is 10.1. The van der Waals surface area contributed by atoms with Crippen molar-refractivity contribution in [1.82, 2.24) is 24.9 Å². The minimum absolute atomic E-state index is 0.0958. The van der Waals surface area contributed by atoms with Crippen LogP contribution in [0.4, 0.5) is 11.4 Å². The fourth-order valence-electron chi connectivity index (χ4n) is 6.87. The predicted molar refractivity (Wildman–Crippen MR) is 183 cm³/mol. The predicted octanol–water partition coefficient (Wildman–Crippen LogP) is 8.78. The van der Waals surface area contributed by atoms with Gasteiger partial charge in [-0.2, -0.15) is 5.26 Å². The fourth-order valence-corrected chi connectivity index (χ4v) is 7.27. The molecule has 1 aliphatic heterocycles. The summed E-state index contributed by atoms with van der Waals surface area (Å²) in [7, 11) is 0. The van der Waals surface area contributed by atoms with Gasteiger partial charge in [0.25, 0.3) is 0 Å². The third-order valence-electron chi connectivity index (χ3n) is 9.55. The van der Waals surface area contributed by atoms with E-state index in [1.807, 2.05) is 41.1 Å².